The fourth-order valence-corrected chi connectivity index (χ4v) is 4.92. The van der Waals surface area contributed by atoms with E-state index in [1.54, 1.807) is 6.07 Å². The molecule has 0 radical (unpaired) electrons. The summed E-state index contributed by atoms with van der Waals surface area (Å²) in [5.41, 5.74) is 0.621. The molecule has 4 rings (SSSR count). The average molecular weight is 337 g/mol. The van der Waals surface area contributed by atoms with Crippen LogP contribution in [0.1, 0.15) is 17.3 Å². The van der Waals surface area contributed by atoms with Crippen LogP contribution in [-0.4, -0.2) is 5.78 Å². The van der Waals surface area contributed by atoms with E-state index in [2.05, 4.69) is 0 Å². The summed E-state index contributed by atoms with van der Waals surface area (Å²) in [6.45, 7) is 1.54. The molecule has 0 bridgehead atoms. The summed E-state index contributed by atoms with van der Waals surface area (Å²) in [4.78, 5) is 14.8. The normalized spacial score (nSPS) is 15.2. The van der Waals surface area contributed by atoms with Crippen LogP contribution in [0.2, 0.25) is 0 Å². The van der Waals surface area contributed by atoms with Gasteiger partial charge in [0.1, 0.15) is 16.7 Å². The molecule has 0 saturated heterocycles. The molecule has 0 saturated carbocycles. The van der Waals surface area contributed by atoms with Crippen LogP contribution in [0.4, 0.5) is 4.39 Å². The highest BCUT2D eigenvalue weighted by molar-refractivity contribution is 7.97. The molecule has 1 atom stereocenters. The molecular formula is C20H14FO2S+. The average Bonchev–Trinajstić information content (AvgIpc) is 2.60. The van der Waals surface area contributed by atoms with Gasteiger partial charge in [-0.3, -0.25) is 4.79 Å². The van der Waals surface area contributed by atoms with Crippen LogP contribution in [-0.2, 0) is 10.9 Å². The van der Waals surface area contributed by atoms with Gasteiger partial charge in [0, 0.05) is 5.56 Å². The Balaban J connectivity index is 1.92. The highest BCUT2D eigenvalue weighted by Gasteiger charge is 2.39. The Hall–Kier alpha value is -2.59. The van der Waals surface area contributed by atoms with Crippen LogP contribution < -0.4 is 4.74 Å². The van der Waals surface area contributed by atoms with E-state index in [0.29, 0.717) is 11.3 Å². The molecule has 3 aromatic carbocycles. The Morgan fingerprint density at radius 3 is 2.38 bits per heavy atom. The molecule has 0 spiro atoms. The number of ether oxygens (including phenoxy) is 1. The molecule has 1 aliphatic heterocycles. The number of fused-ring (bicyclic) bond motifs is 2. The van der Waals surface area contributed by atoms with Crippen molar-refractivity contribution in [1.29, 1.82) is 0 Å². The van der Waals surface area contributed by atoms with E-state index < -0.39 is 10.9 Å². The summed E-state index contributed by atoms with van der Waals surface area (Å²) < 4.78 is 19.4. The van der Waals surface area contributed by atoms with Crippen molar-refractivity contribution in [1.82, 2.24) is 0 Å². The van der Waals surface area contributed by atoms with Gasteiger partial charge in [0.25, 0.3) is 0 Å². The first-order chi connectivity index (χ1) is 11.6. The lowest BCUT2D eigenvalue weighted by Crippen LogP contribution is -2.13. The number of hydrogen-bond donors (Lipinski definition) is 0. The topological polar surface area (TPSA) is 26.3 Å². The molecule has 24 heavy (non-hydrogen) atoms. The Kier molecular flexibility index (Phi) is 3.62. The first kappa shape index (κ1) is 15.0. The molecule has 2 nitrogen and oxygen atoms in total. The highest BCUT2D eigenvalue weighted by atomic mass is 32.2. The molecule has 1 heterocycles. The molecule has 1 aliphatic rings. The monoisotopic (exact) mass is 337 g/mol. The number of para-hydroxylation sites is 1. The Morgan fingerprint density at radius 2 is 1.62 bits per heavy atom. The minimum Gasteiger partial charge on any atom is -0.447 e. The summed E-state index contributed by atoms with van der Waals surface area (Å²) in [5.74, 6) is 1.21. The van der Waals surface area contributed by atoms with E-state index in [4.69, 9.17) is 4.74 Å². The van der Waals surface area contributed by atoms with Gasteiger partial charge in [0.05, 0.1) is 0 Å². The predicted molar refractivity (Wildman–Crippen MR) is 91.5 cm³/mol. The van der Waals surface area contributed by atoms with Crippen molar-refractivity contribution in [3.63, 3.8) is 0 Å². The molecule has 0 aromatic heterocycles. The van der Waals surface area contributed by atoms with Crippen LogP contribution in [0, 0.1) is 5.82 Å². The minimum atomic E-state index is -0.391. The third kappa shape index (κ3) is 2.49. The zero-order chi connectivity index (χ0) is 16.7. The van der Waals surface area contributed by atoms with Crippen LogP contribution >= 0.6 is 0 Å². The zero-order valence-corrected chi connectivity index (χ0v) is 13.8. The number of carbonyl (C=O) groups excluding carboxylic acids is 1. The molecule has 1 unspecified atom stereocenters. The number of halogens is 1. The van der Waals surface area contributed by atoms with Crippen molar-refractivity contribution in [2.24, 2.45) is 0 Å². The third-order valence-electron chi connectivity index (χ3n) is 3.91. The maximum atomic E-state index is 13.3. The van der Waals surface area contributed by atoms with Gasteiger partial charge in [-0.15, -0.1) is 0 Å². The standard InChI is InChI=1S/C20H14FO2S/c1-13(22)14-6-11-20-18(12-14)23-17-4-2-3-5-19(17)24(20)16-9-7-15(21)8-10-16/h2-12H,1H3/q+1. The second-order valence-electron chi connectivity index (χ2n) is 5.53. The zero-order valence-electron chi connectivity index (χ0n) is 13.0. The van der Waals surface area contributed by atoms with E-state index in [1.807, 2.05) is 48.5 Å². The van der Waals surface area contributed by atoms with E-state index in [1.165, 1.54) is 19.1 Å². The summed E-state index contributed by atoms with van der Waals surface area (Å²) >= 11 is 0. The lowest BCUT2D eigenvalue weighted by atomic mass is 10.1. The van der Waals surface area contributed by atoms with Crippen LogP contribution in [0.5, 0.6) is 11.5 Å². The number of benzene rings is 3. The largest absolute Gasteiger partial charge is 0.447 e. The van der Waals surface area contributed by atoms with Gasteiger partial charge >= 0.3 is 0 Å². The van der Waals surface area contributed by atoms with Gasteiger partial charge in [0.15, 0.2) is 22.2 Å². The van der Waals surface area contributed by atoms with Gasteiger partial charge < -0.3 is 4.74 Å². The number of hydrogen-bond acceptors (Lipinski definition) is 2. The summed E-state index contributed by atoms with van der Waals surface area (Å²) in [7, 11) is -0.391. The second kappa shape index (κ2) is 5.80. The first-order valence-corrected chi connectivity index (χ1v) is 8.78. The SMILES string of the molecule is CC(=O)c1ccc2c(c1)Oc1ccccc1[S+]2c1ccc(F)cc1. The highest BCUT2D eigenvalue weighted by Crippen LogP contribution is 2.47. The maximum Gasteiger partial charge on any atom is 0.209 e. The molecule has 0 N–H and O–H groups in total. The van der Waals surface area contributed by atoms with Gasteiger partial charge in [-0.1, -0.05) is 12.1 Å². The molecule has 0 fully saturated rings. The second-order valence-corrected chi connectivity index (χ2v) is 7.49. The number of ketones is 1. The minimum absolute atomic E-state index is 0.00178. The Labute approximate surface area is 142 Å². The maximum absolute atomic E-state index is 13.3. The molecule has 118 valence electrons. The Morgan fingerprint density at radius 1 is 0.917 bits per heavy atom. The number of carbonyl (C=O) groups is 1. The van der Waals surface area contributed by atoms with Crippen molar-refractivity contribution >= 4 is 16.7 Å². The van der Waals surface area contributed by atoms with E-state index in [9.17, 15) is 9.18 Å². The molecule has 0 amide bonds. The number of rotatable bonds is 2. The van der Waals surface area contributed by atoms with Gasteiger partial charge in [-0.25, -0.2) is 4.39 Å². The van der Waals surface area contributed by atoms with Crippen molar-refractivity contribution in [2.45, 2.75) is 21.6 Å². The molecule has 0 aliphatic carbocycles. The first-order valence-electron chi connectivity index (χ1n) is 7.55. The summed E-state index contributed by atoms with van der Waals surface area (Å²) in [5, 5.41) is 0. The van der Waals surface area contributed by atoms with Gasteiger partial charge in [-0.2, -0.15) is 0 Å². The molecular weight excluding hydrogens is 323 g/mol. The summed E-state index contributed by atoms with van der Waals surface area (Å²) in [6.07, 6.45) is 0. The third-order valence-corrected chi connectivity index (χ3v) is 6.21. The fourth-order valence-electron chi connectivity index (χ4n) is 2.74. The predicted octanol–water partition coefficient (Wildman–Crippen LogP) is 5.23. The van der Waals surface area contributed by atoms with E-state index >= 15 is 0 Å². The fraction of sp³-hybridized carbons (Fsp3) is 0.0500. The smallest absolute Gasteiger partial charge is 0.209 e. The van der Waals surface area contributed by atoms with Crippen molar-refractivity contribution < 1.29 is 13.9 Å². The van der Waals surface area contributed by atoms with Crippen LogP contribution in [0.3, 0.4) is 0 Å². The van der Waals surface area contributed by atoms with Crippen molar-refractivity contribution in [3.8, 4) is 11.5 Å². The van der Waals surface area contributed by atoms with Gasteiger partial charge in [0.2, 0.25) is 9.79 Å². The lowest BCUT2D eigenvalue weighted by Gasteiger charge is -2.20. The van der Waals surface area contributed by atoms with Crippen LogP contribution in [0.15, 0.2) is 81.4 Å². The van der Waals surface area contributed by atoms with Crippen LogP contribution in [0.25, 0.3) is 0 Å². The quantitative estimate of drug-likeness (QED) is 0.370. The van der Waals surface area contributed by atoms with Crippen molar-refractivity contribution in [2.75, 3.05) is 0 Å². The summed E-state index contributed by atoms with van der Waals surface area (Å²) in [6, 6.07) is 20.0. The van der Waals surface area contributed by atoms with Gasteiger partial charge in [-0.05, 0) is 61.5 Å². The number of Topliss-reactive ketones (excluding diaryl/α,β-unsaturated/α-hetero) is 1. The van der Waals surface area contributed by atoms with E-state index in [-0.39, 0.29) is 11.6 Å². The van der Waals surface area contributed by atoms with Crippen molar-refractivity contribution in [3.05, 3.63) is 78.1 Å². The van der Waals surface area contributed by atoms with E-state index in [0.717, 1.165) is 20.4 Å². The molecule has 3 aromatic rings. The molecule has 4 heteroatoms. The Bertz CT molecular complexity index is 935. The lowest BCUT2D eigenvalue weighted by molar-refractivity contribution is 0.101.